The van der Waals surface area contributed by atoms with Gasteiger partial charge in [0.25, 0.3) is 0 Å². The zero-order valence-electron chi connectivity index (χ0n) is 10.0. The highest BCUT2D eigenvalue weighted by atomic mass is 16.5. The third-order valence-electron chi connectivity index (χ3n) is 2.95. The van der Waals surface area contributed by atoms with Crippen LogP contribution in [0.1, 0.15) is 30.9 Å². The first-order valence-corrected chi connectivity index (χ1v) is 5.97. The normalized spacial score (nSPS) is 16.6. The van der Waals surface area contributed by atoms with Crippen molar-refractivity contribution in [2.24, 2.45) is 0 Å². The van der Waals surface area contributed by atoms with Gasteiger partial charge in [-0.2, -0.15) is 0 Å². The first-order valence-electron chi connectivity index (χ1n) is 5.97. The fourth-order valence-electron chi connectivity index (χ4n) is 2.19. The Balaban J connectivity index is 2.33. The van der Waals surface area contributed by atoms with Crippen LogP contribution in [0.4, 0.5) is 5.69 Å². The molecule has 1 aromatic carbocycles. The molecule has 0 radical (unpaired) electrons. The van der Waals surface area contributed by atoms with Gasteiger partial charge >= 0.3 is 5.97 Å². The fourth-order valence-corrected chi connectivity index (χ4v) is 2.19. The van der Waals surface area contributed by atoms with Crippen LogP contribution < -0.4 is 5.73 Å². The van der Waals surface area contributed by atoms with Gasteiger partial charge in [0.1, 0.15) is 0 Å². The predicted octanol–water partition coefficient (Wildman–Crippen LogP) is 2.55. The molecule has 0 spiro atoms. The molecule has 2 rings (SSSR count). The molecule has 0 amide bonds. The molecule has 0 atom stereocenters. The van der Waals surface area contributed by atoms with Gasteiger partial charge < -0.3 is 10.5 Å². The number of nitrogens with two attached hydrogens (primary N) is 1. The molecule has 1 aliphatic rings. The molecule has 0 saturated carbocycles. The molecular formula is C14H17NO2. The van der Waals surface area contributed by atoms with Crippen molar-refractivity contribution in [2.45, 2.75) is 26.2 Å². The van der Waals surface area contributed by atoms with E-state index in [4.69, 9.17) is 10.5 Å². The van der Waals surface area contributed by atoms with Gasteiger partial charge in [0.05, 0.1) is 6.61 Å². The summed E-state index contributed by atoms with van der Waals surface area (Å²) in [6, 6.07) is 5.90. The summed E-state index contributed by atoms with van der Waals surface area (Å²) < 4.78 is 4.94. The van der Waals surface area contributed by atoms with E-state index in [1.54, 1.807) is 6.08 Å². The van der Waals surface area contributed by atoms with Crippen LogP contribution in [0.25, 0.3) is 5.57 Å². The van der Waals surface area contributed by atoms with Crippen molar-refractivity contribution in [3.05, 3.63) is 35.4 Å². The van der Waals surface area contributed by atoms with Gasteiger partial charge in [0.2, 0.25) is 0 Å². The largest absolute Gasteiger partial charge is 0.463 e. The molecule has 90 valence electrons. The van der Waals surface area contributed by atoms with Crippen molar-refractivity contribution in [1.29, 1.82) is 0 Å². The van der Waals surface area contributed by atoms with Crippen LogP contribution >= 0.6 is 0 Å². The lowest BCUT2D eigenvalue weighted by molar-refractivity contribution is -0.137. The second-order valence-corrected chi connectivity index (χ2v) is 4.19. The van der Waals surface area contributed by atoms with Crippen LogP contribution in [-0.2, 0) is 16.0 Å². The zero-order chi connectivity index (χ0) is 12.3. The monoisotopic (exact) mass is 231 g/mol. The van der Waals surface area contributed by atoms with Crippen LogP contribution in [-0.4, -0.2) is 12.6 Å². The van der Waals surface area contributed by atoms with Crippen LogP contribution in [0.2, 0.25) is 0 Å². The van der Waals surface area contributed by atoms with E-state index in [1.807, 2.05) is 25.1 Å². The average Bonchev–Trinajstić information content (AvgIpc) is 2.30. The summed E-state index contributed by atoms with van der Waals surface area (Å²) in [4.78, 5) is 11.5. The summed E-state index contributed by atoms with van der Waals surface area (Å²) in [6.45, 7) is 2.22. The first kappa shape index (κ1) is 11.7. The minimum absolute atomic E-state index is 0.266. The predicted molar refractivity (Wildman–Crippen MR) is 68.4 cm³/mol. The van der Waals surface area contributed by atoms with E-state index in [-0.39, 0.29) is 5.97 Å². The van der Waals surface area contributed by atoms with Gasteiger partial charge in [-0.15, -0.1) is 0 Å². The Bertz CT molecular complexity index is 463. The van der Waals surface area contributed by atoms with Crippen molar-refractivity contribution in [2.75, 3.05) is 12.3 Å². The number of aryl methyl sites for hydroxylation is 1. The summed E-state index contributed by atoms with van der Waals surface area (Å²) >= 11 is 0. The Labute approximate surface area is 101 Å². The molecule has 17 heavy (non-hydrogen) atoms. The van der Waals surface area contributed by atoms with Crippen LogP contribution in [0.3, 0.4) is 0 Å². The Hall–Kier alpha value is -1.77. The molecule has 0 unspecified atom stereocenters. The Kier molecular flexibility index (Phi) is 3.47. The van der Waals surface area contributed by atoms with E-state index in [9.17, 15) is 4.79 Å². The maximum Gasteiger partial charge on any atom is 0.331 e. The van der Waals surface area contributed by atoms with E-state index < -0.39 is 0 Å². The molecule has 0 aliphatic heterocycles. The summed E-state index contributed by atoms with van der Waals surface area (Å²) in [5.41, 5.74) is 9.93. The van der Waals surface area contributed by atoms with Gasteiger partial charge in [0.15, 0.2) is 0 Å². The SMILES string of the molecule is CCOC(=O)/C=C1\CCCc2ccc(N)cc21. The summed E-state index contributed by atoms with van der Waals surface area (Å²) in [5, 5.41) is 0. The molecule has 1 aliphatic carbocycles. The number of anilines is 1. The Morgan fingerprint density at radius 3 is 3.06 bits per heavy atom. The zero-order valence-corrected chi connectivity index (χ0v) is 10.0. The standard InChI is InChI=1S/C14H17NO2/c1-2-17-14(16)8-11-5-3-4-10-6-7-12(15)9-13(10)11/h6-9H,2-5,15H2,1H3/b11-8+. The van der Waals surface area contributed by atoms with Crippen LogP contribution in [0.5, 0.6) is 0 Å². The molecule has 0 bridgehead atoms. The summed E-state index contributed by atoms with van der Waals surface area (Å²) in [7, 11) is 0. The van der Waals surface area contributed by atoms with Gasteiger partial charge in [0, 0.05) is 11.8 Å². The van der Waals surface area contributed by atoms with Crippen molar-refractivity contribution in [1.82, 2.24) is 0 Å². The molecule has 0 aromatic heterocycles. The molecule has 3 nitrogen and oxygen atoms in total. The molecule has 2 N–H and O–H groups in total. The molecule has 1 aromatic rings. The number of carbonyl (C=O) groups is 1. The first-order chi connectivity index (χ1) is 8.20. The minimum Gasteiger partial charge on any atom is -0.463 e. The Morgan fingerprint density at radius 1 is 1.47 bits per heavy atom. The number of hydrogen-bond donors (Lipinski definition) is 1. The number of ether oxygens (including phenoxy) is 1. The third kappa shape index (κ3) is 2.67. The van der Waals surface area contributed by atoms with E-state index in [1.165, 1.54) is 5.56 Å². The topological polar surface area (TPSA) is 52.3 Å². The maximum absolute atomic E-state index is 11.5. The van der Waals surface area contributed by atoms with Gasteiger partial charge in [-0.25, -0.2) is 4.79 Å². The third-order valence-corrected chi connectivity index (χ3v) is 2.95. The number of nitrogen functional groups attached to an aromatic ring is 1. The lowest BCUT2D eigenvalue weighted by atomic mass is 9.87. The van der Waals surface area contributed by atoms with Gasteiger partial charge in [-0.05, 0) is 55.0 Å². The lowest BCUT2D eigenvalue weighted by Gasteiger charge is -2.19. The molecule has 0 heterocycles. The number of allylic oxidation sites excluding steroid dienone is 1. The molecule has 0 saturated heterocycles. The number of esters is 1. The smallest absolute Gasteiger partial charge is 0.331 e. The number of hydrogen-bond acceptors (Lipinski definition) is 3. The Morgan fingerprint density at radius 2 is 2.29 bits per heavy atom. The highest BCUT2D eigenvalue weighted by Gasteiger charge is 2.15. The van der Waals surface area contributed by atoms with Crippen LogP contribution in [0.15, 0.2) is 24.3 Å². The number of rotatable bonds is 2. The number of carbonyl (C=O) groups excluding carboxylic acids is 1. The summed E-state index contributed by atoms with van der Waals surface area (Å²) in [5.74, 6) is -0.266. The second kappa shape index (κ2) is 5.04. The van der Waals surface area contributed by atoms with Crippen LogP contribution in [0, 0.1) is 0 Å². The lowest BCUT2D eigenvalue weighted by Crippen LogP contribution is -2.06. The van der Waals surface area contributed by atoms with Gasteiger partial charge in [-0.1, -0.05) is 6.07 Å². The highest BCUT2D eigenvalue weighted by Crippen LogP contribution is 2.31. The van der Waals surface area contributed by atoms with Crippen molar-refractivity contribution in [3.63, 3.8) is 0 Å². The molecule has 0 fully saturated rings. The summed E-state index contributed by atoms with van der Waals surface area (Å²) in [6.07, 6.45) is 4.63. The fraction of sp³-hybridized carbons (Fsp3) is 0.357. The highest BCUT2D eigenvalue weighted by molar-refractivity contribution is 5.92. The maximum atomic E-state index is 11.5. The van der Waals surface area contributed by atoms with Crippen molar-refractivity contribution < 1.29 is 9.53 Å². The number of benzene rings is 1. The van der Waals surface area contributed by atoms with Crippen molar-refractivity contribution in [3.8, 4) is 0 Å². The van der Waals surface area contributed by atoms with Crippen molar-refractivity contribution >= 4 is 17.2 Å². The number of fused-ring (bicyclic) bond motifs is 1. The van der Waals surface area contributed by atoms with E-state index in [0.717, 1.165) is 36.1 Å². The van der Waals surface area contributed by atoms with E-state index in [0.29, 0.717) is 6.61 Å². The quantitative estimate of drug-likeness (QED) is 0.483. The van der Waals surface area contributed by atoms with Gasteiger partial charge in [-0.3, -0.25) is 0 Å². The second-order valence-electron chi connectivity index (χ2n) is 4.19. The molecular weight excluding hydrogens is 214 g/mol. The average molecular weight is 231 g/mol. The minimum atomic E-state index is -0.266. The van der Waals surface area contributed by atoms with E-state index in [2.05, 4.69) is 0 Å². The molecule has 3 heteroatoms. The van der Waals surface area contributed by atoms with E-state index >= 15 is 0 Å².